The summed E-state index contributed by atoms with van der Waals surface area (Å²) in [6, 6.07) is 3.62. The van der Waals surface area contributed by atoms with Crippen molar-refractivity contribution in [1.29, 1.82) is 0 Å². The highest BCUT2D eigenvalue weighted by Gasteiger charge is 1.91. The van der Waals surface area contributed by atoms with Crippen molar-refractivity contribution < 1.29 is 5.21 Å². The number of aromatic nitrogens is 1. The number of hydrogen-bond acceptors (Lipinski definition) is 1. The van der Waals surface area contributed by atoms with Gasteiger partial charge in [-0.25, -0.2) is 0 Å². The van der Waals surface area contributed by atoms with Gasteiger partial charge in [0.05, 0.1) is 5.69 Å². The molecule has 2 heteroatoms. The van der Waals surface area contributed by atoms with Crippen LogP contribution in [-0.4, -0.2) is 9.94 Å². The van der Waals surface area contributed by atoms with E-state index in [0.717, 1.165) is 10.4 Å². The minimum Gasteiger partial charge on any atom is -0.429 e. The summed E-state index contributed by atoms with van der Waals surface area (Å²) < 4.78 is 1.08. The van der Waals surface area contributed by atoms with Crippen LogP contribution in [0.25, 0.3) is 0 Å². The first kappa shape index (κ1) is 5.22. The predicted octanol–water partition coefficient (Wildman–Crippen LogP) is 1.30. The van der Waals surface area contributed by atoms with Crippen LogP contribution in [0, 0.1) is 6.42 Å². The van der Waals surface area contributed by atoms with Gasteiger partial charge in [0.15, 0.2) is 0 Å². The van der Waals surface area contributed by atoms with Crippen LogP contribution in [-0.2, 0) is 0 Å². The second-order valence-corrected chi connectivity index (χ2v) is 1.57. The molecule has 0 aliphatic rings. The Morgan fingerprint density at radius 1 is 1.75 bits per heavy atom. The number of rotatable bonds is 1. The first-order valence-corrected chi connectivity index (χ1v) is 2.50. The molecule has 0 aliphatic heterocycles. The zero-order chi connectivity index (χ0) is 5.98. The number of nitrogens with zero attached hydrogens (tertiary/aromatic N) is 1. The van der Waals surface area contributed by atoms with Gasteiger partial charge in [0.25, 0.3) is 0 Å². The molecule has 0 amide bonds. The lowest BCUT2D eigenvalue weighted by atomic mass is 10.3. The second kappa shape index (κ2) is 1.90. The molecular formula is C6H8NO. The summed E-state index contributed by atoms with van der Waals surface area (Å²) in [6.45, 7) is 1.88. The minimum atomic E-state index is 0.824. The van der Waals surface area contributed by atoms with E-state index >= 15 is 0 Å². The Morgan fingerprint density at radius 3 is 2.75 bits per heavy atom. The molecule has 1 radical (unpaired) electrons. The van der Waals surface area contributed by atoms with Crippen molar-refractivity contribution in [3.63, 3.8) is 0 Å². The van der Waals surface area contributed by atoms with Crippen molar-refractivity contribution in [2.75, 3.05) is 0 Å². The van der Waals surface area contributed by atoms with E-state index in [1.807, 2.05) is 19.4 Å². The topological polar surface area (TPSA) is 25.2 Å². The van der Waals surface area contributed by atoms with Gasteiger partial charge in [-0.1, -0.05) is 6.92 Å². The molecule has 1 N–H and O–H groups in total. The third-order valence-electron chi connectivity index (χ3n) is 1.05. The maximum Gasteiger partial charge on any atom is 0.0601 e. The zero-order valence-electron chi connectivity index (χ0n) is 4.70. The first-order valence-electron chi connectivity index (χ1n) is 2.50. The average molecular weight is 110 g/mol. The summed E-state index contributed by atoms with van der Waals surface area (Å²) in [4.78, 5) is 0. The van der Waals surface area contributed by atoms with Gasteiger partial charge in [0.2, 0.25) is 0 Å². The summed E-state index contributed by atoms with van der Waals surface area (Å²) in [6.07, 6.45) is 3.43. The molecule has 0 aliphatic carbocycles. The van der Waals surface area contributed by atoms with Crippen molar-refractivity contribution in [2.45, 2.75) is 6.92 Å². The largest absolute Gasteiger partial charge is 0.429 e. The summed E-state index contributed by atoms with van der Waals surface area (Å²) in [5.41, 5.74) is 0.824. The molecular weight excluding hydrogens is 102 g/mol. The second-order valence-electron chi connectivity index (χ2n) is 1.57. The fourth-order valence-corrected chi connectivity index (χ4v) is 0.614. The third kappa shape index (κ3) is 0.689. The predicted molar refractivity (Wildman–Crippen MR) is 30.7 cm³/mol. The van der Waals surface area contributed by atoms with E-state index in [1.165, 1.54) is 0 Å². The van der Waals surface area contributed by atoms with Crippen LogP contribution in [0.5, 0.6) is 0 Å². The van der Waals surface area contributed by atoms with Crippen molar-refractivity contribution in [1.82, 2.24) is 4.73 Å². The van der Waals surface area contributed by atoms with Gasteiger partial charge >= 0.3 is 0 Å². The van der Waals surface area contributed by atoms with Gasteiger partial charge in [-0.05, 0) is 12.1 Å². The minimum absolute atomic E-state index is 0.824. The molecule has 0 fully saturated rings. The fraction of sp³-hybridized carbons (Fsp3) is 0.167. The van der Waals surface area contributed by atoms with E-state index in [9.17, 15) is 0 Å². The van der Waals surface area contributed by atoms with Crippen molar-refractivity contribution in [2.24, 2.45) is 0 Å². The SMILES string of the molecule is C[CH]c1cccn1O. The Labute approximate surface area is 48.3 Å². The average Bonchev–Trinajstić information content (AvgIpc) is 2.14. The monoisotopic (exact) mass is 110 g/mol. The molecule has 1 aromatic heterocycles. The molecule has 0 aromatic carbocycles. The molecule has 43 valence electrons. The summed E-state index contributed by atoms with van der Waals surface area (Å²) >= 11 is 0. The standard InChI is InChI=1S/C6H8NO/c1-2-6-4-3-5-7(6)8/h2-5,8H,1H3. The summed E-state index contributed by atoms with van der Waals surface area (Å²) in [5.74, 6) is 0. The number of hydrogen-bond donors (Lipinski definition) is 1. The van der Waals surface area contributed by atoms with Gasteiger partial charge < -0.3 is 5.21 Å². The molecule has 0 atom stereocenters. The highest BCUT2D eigenvalue weighted by atomic mass is 16.5. The fourth-order valence-electron chi connectivity index (χ4n) is 0.614. The van der Waals surface area contributed by atoms with Crippen LogP contribution < -0.4 is 0 Å². The Bertz CT molecular complexity index is 169. The van der Waals surface area contributed by atoms with Crippen LogP contribution in [0.1, 0.15) is 12.6 Å². The van der Waals surface area contributed by atoms with Crippen LogP contribution in [0.4, 0.5) is 0 Å². The third-order valence-corrected chi connectivity index (χ3v) is 1.05. The summed E-state index contributed by atoms with van der Waals surface area (Å²) in [7, 11) is 0. The van der Waals surface area contributed by atoms with Gasteiger partial charge in [0.1, 0.15) is 0 Å². The molecule has 0 unspecified atom stereocenters. The molecule has 1 rings (SSSR count). The van der Waals surface area contributed by atoms with Crippen LogP contribution in [0.2, 0.25) is 0 Å². The molecule has 0 saturated heterocycles. The highest BCUT2D eigenvalue weighted by molar-refractivity contribution is 5.12. The maximum absolute atomic E-state index is 8.84. The van der Waals surface area contributed by atoms with E-state index in [0.29, 0.717) is 0 Å². The lowest BCUT2D eigenvalue weighted by molar-refractivity contribution is 0.182. The molecule has 1 aromatic rings. The molecule has 0 bridgehead atoms. The molecule has 2 nitrogen and oxygen atoms in total. The zero-order valence-corrected chi connectivity index (χ0v) is 4.70. The quantitative estimate of drug-likeness (QED) is 0.541. The first-order chi connectivity index (χ1) is 3.84. The van der Waals surface area contributed by atoms with Crippen molar-refractivity contribution in [3.05, 3.63) is 30.4 Å². The maximum atomic E-state index is 8.84. The van der Waals surface area contributed by atoms with E-state index in [2.05, 4.69) is 0 Å². The summed E-state index contributed by atoms with van der Waals surface area (Å²) in [5, 5.41) is 8.84. The van der Waals surface area contributed by atoms with E-state index in [4.69, 9.17) is 5.21 Å². The Hall–Kier alpha value is -0.920. The normalized spacial score (nSPS) is 9.62. The van der Waals surface area contributed by atoms with Gasteiger partial charge in [-0.3, -0.25) is 0 Å². The molecule has 8 heavy (non-hydrogen) atoms. The van der Waals surface area contributed by atoms with E-state index in [1.54, 1.807) is 12.3 Å². The molecule has 0 spiro atoms. The van der Waals surface area contributed by atoms with Crippen LogP contribution >= 0.6 is 0 Å². The highest BCUT2D eigenvalue weighted by Crippen LogP contribution is 1.99. The smallest absolute Gasteiger partial charge is 0.0601 e. The van der Waals surface area contributed by atoms with Crippen molar-refractivity contribution in [3.8, 4) is 0 Å². The Morgan fingerprint density at radius 2 is 2.50 bits per heavy atom. The van der Waals surface area contributed by atoms with E-state index < -0.39 is 0 Å². The molecule has 1 heterocycles. The van der Waals surface area contributed by atoms with Gasteiger partial charge in [-0.2, -0.15) is 4.73 Å². The van der Waals surface area contributed by atoms with Crippen LogP contribution in [0.3, 0.4) is 0 Å². The van der Waals surface area contributed by atoms with Gasteiger partial charge in [-0.15, -0.1) is 0 Å². The van der Waals surface area contributed by atoms with Crippen LogP contribution in [0.15, 0.2) is 18.3 Å². The Kier molecular flexibility index (Phi) is 1.24. The Balaban J connectivity index is 2.92. The lowest BCUT2D eigenvalue weighted by Gasteiger charge is -1.93. The lowest BCUT2D eigenvalue weighted by Crippen LogP contribution is -1.90. The van der Waals surface area contributed by atoms with Gasteiger partial charge in [0, 0.05) is 12.6 Å². The van der Waals surface area contributed by atoms with E-state index in [-0.39, 0.29) is 0 Å². The molecule has 0 saturated carbocycles. The van der Waals surface area contributed by atoms with Crippen molar-refractivity contribution >= 4 is 0 Å².